The number of aryl methyl sites for hydroxylation is 2. The van der Waals surface area contributed by atoms with E-state index < -0.39 is 20.2 Å². The largest absolute Gasteiger partial charge is 0.491 e. The molecule has 0 unspecified atom stereocenters. The van der Waals surface area contributed by atoms with Crippen molar-refractivity contribution in [3.63, 3.8) is 0 Å². The normalized spacial score (nSPS) is 11.9. The van der Waals surface area contributed by atoms with Crippen molar-refractivity contribution in [3.8, 4) is 11.5 Å². The summed E-state index contributed by atoms with van der Waals surface area (Å²) in [5, 5.41) is 0. The molecule has 0 bridgehead atoms. The molecule has 0 aliphatic heterocycles. The topological polar surface area (TPSA) is 142 Å². The van der Waals surface area contributed by atoms with Crippen molar-refractivity contribution in [1.82, 2.24) is 0 Å². The molecule has 46 heavy (non-hydrogen) atoms. The van der Waals surface area contributed by atoms with E-state index in [0.717, 1.165) is 11.1 Å². The molecule has 0 amide bonds. The van der Waals surface area contributed by atoms with Crippen molar-refractivity contribution < 1.29 is 53.6 Å². The van der Waals surface area contributed by atoms with Gasteiger partial charge in [0, 0.05) is 6.07 Å². The maximum Gasteiger partial charge on any atom is 0.297 e. The number of rotatable bonds is 24. The highest BCUT2D eigenvalue weighted by Gasteiger charge is 2.15. The van der Waals surface area contributed by atoms with Crippen molar-refractivity contribution in [2.45, 2.75) is 23.6 Å². The lowest BCUT2D eigenvalue weighted by Crippen LogP contribution is -2.15. The number of benzene rings is 3. The van der Waals surface area contributed by atoms with Crippen molar-refractivity contribution in [1.29, 1.82) is 0 Å². The molecule has 0 N–H and O–H groups in total. The molecule has 0 aromatic heterocycles. The highest BCUT2D eigenvalue weighted by molar-refractivity contribution is 7.87. The minimum atomic E-state index is -3.80. The van der Waals surface area contributed by atoms with Gasteiger partial charge in [-0.3, -0.25) is 8.37 Å². The summed E-state index contributed by atoms with van der Waals surface area (Å²) in [6.45, 7) is 6.40. The molecule has 0 heterocycles. The summed E-state index contributed by atoms with van der Waals surface area (Å²) in [7, 11) is -7.60. The lowest BCUT2D eigenvalue weighted by atomic mass is 10.2. The molecule has 3 aromatic carbocycles. The molecule has 0 saturated carbocycles. The zero-order valence-electron chi connectivity index (χ0n) is 26.1. The standard InChI is InChI=1S/C32H42O12S2/c1-27-6-10-31(11-7-27)45(33,34)43-24-20-39-16-14-37-18-22-41-29-4-3-5-30(26-29)42-23-19-38-15-17-40-21-25-44-46(35,36)32-12-8-28(2)9-13-32/h3-13,26H,14-25H2,1-2H3. The quantitative estimate of drug-likeness (QED) is 0.0998. The van der Waals surface area contributed by atoms with Crippen LogP contribution in [0, 0.1) is 13.8 Å². The van der Waals surface area contributed by atoms with E-state index in [9.17, 15) is 16.8 Å². The van der Waals surface area contributed by atoms with Crippen molar-refractivity contribution in [2.24, 2.45) is 0 Å². The fourth-order valence-electron chi connectivity index (χ4n) is 3.69. The maximum absolute atomic E-state index is 12.1. The predicted molar refractivity (Wildman–Crippen MR) is 169 cm³/mol. The Kier molecular flexibility index (Phi) is 16.4. The zero-order valence-corrected chi connectivity index (χ0v) is 27.8. The first kappa shape index (κ1) is 37.4. The SMILES string of the molecule is Cc1ccc(S(=O)(=O)OCCOCCOCCOc2cccc(OCCOCCOCCOS(=O)(=O)c3ccc(C)cc3)c2)cc1. The van der Waals surface area contributed by atoms with Crippen LogP contribution < -0.4 is 9.47 Å². The zero-order chi connectivity index (χ0) is 33.1. The van der Waals surface area contributed by atoms with Gasteiger partial charge in [-0.1, -0.05) is 41.5 Å². The van der Waals surface area contributed by atoms with Crippen LogP contribution in [-0.2, 0) is 47.5 Å². The Morgan fingerprint density at radius 2 is 0.761 bits per heavy atom. The van der Waals surface area contributed by atoms with Crippen molar-refractivity contribution in [3.05, 3.63) is 83.9 Å². The van der Waals surface area contributed by atoms with Crippen LogP contribution in [0.2, 0.25) is 0 Å². The van der Waals surface area contributed by atoms with Gasteiger partial charge >= 0.3 is 0 Å². The Morgan fingerprint density at radius 1 is 0.435 bits per heavy atom. The Bertz CT molecular complexity index is 1380. The van der Waals surface area contributed by atoms with E-state index in [-0.39, 0.29) is 36.2 Å². The molecule has 0 aliphatic rings. The molecular weight excluding hydrogens is 640 g/mol. The highest BCUT2D eigenvalue weighted by Crippen LogP contribution is 2.19. The lowest BCUT2D eigenvalue weighted by molar-refractivity contribution is 0.0273. The Morgan fingerprint density at radius 3 is 1.13 bits per heavy atom. The van der Waals surface area contributed by atoms with Crippen LogP contribution in [0.3, 0.4) is 0 Å². The van der Waals surface area contributed by atoms with E-state index in [1.54, 1.807) is 30.3 Å². The second kappa shape index (κ2) is 20.2. The van der Waals surface area contributed by atoms with E-state index in [0.29, 0.717) is 64.4 Å². The summed E-state index contributed by atoms with van der Waals surface area (Å²) in [5.74, 6) is 1.26. The maximum atomic E-state index is 12.1. The fourth-order valence-corrected chi connectivity index (χ4v) is 5.47. The van der Waals surface area contributed by atoms with E-state index in [1.165, 1.54) is 24.3 Å². The van der Waals surface area contributed by atoms with Gasteiger partial charge in [-0.25, -0.2) is 0 Å². The summed E-state index contributed by atoms with van der Waals surface area (Å²) in [6, 6.07) is 20.1. The van der Waals surface area contributed by atoms with E-state index >= 15 is 0 Å². The molecule has 0 radical (unpaired) electrons. The molecule has 0 fully saturated rings. The summed E-state index contributed by atoms with van der Waals surface area (Å²) in [5.41, 5.74) is 1.93. The fraction of sp³-hybridized carbons (Fsp3) is 0.438. The summed E-state index contributed by atoms with van der Waals surface area (Å²) < 4.78 is 91.5. The lowest BCUT2D eigenvalue weighted by Gasteiger charge is -2.11. The Hall–Kier alpha value is -3.08. The first-order chi connectivity index (χ1) is 22.2. The monoisotopic (exact) mass is 682 g/mol. The minimum absolute atomic E-state index is 0.0836. The molecular formula is C32H42O12S2. The summed E-state index contributed by atoms with van der Waals surface area (Å²) >= 11 is 0. The third-order valence-electron chi connectivity index (χ3n) is 6.09. The Labute approximate surface area is 271 Å². The van der Waals surface area contributed by atoms with Crippen LogP contribution in [0.25, 0.3) is 0 Å². The van der Waals surface area contributed by atoms with Crippen LogP contribution in [-0.4, -0.2) is 96.1 Å². The molecule has 12 nitrogen and oxygen atoms in total. The number of ether oxygens (including phenoxy) is 6. The predicted octanol–water partition coefficient (Wildman–Crippen LogP) is 3.94. The van der Waals surface area contributed by atoms with Gasteiger partial charge in [0.2, 0.25) is 0 Å². The first-order valence-corrected chi connectivity index (χ1v) is 17.6. The number of hydrogen-bond acceptors (Lipinski definition) is 12. The molecule has 254 valence electrons. The second-order valence-electron chi connectivity index (χ2n) is 9.80. The third kappa shape index (κ3) is 14.6. The van der Waals surface area contributed by atoms with Gasteiger partial charge in [0.05, 0.1) is 75.9 Å². The van der Waals surface area contributed by atoms with E-state index in [2.05, 4.69) is 0 Å². The average molecular weight is 683 g/mol. The average Bonchev–Trinajstić information content (AvgIpc) is 3.03. The van der Waals surface area contributed by atoms with E-state index in [1.807, 2.05) is 32.0 Å². The van der Waals surface area contributed by atoms with Crippen molar-refractivity contribution in [2.75, 3.05) is 79.3 Å². The minimum Gasteiger partial charge on any atom is -0.491 e. The van der Waals surface area contributed by atoms with Gasteiger partial charge in [-0.15, -0.1) is 0 Å². The summed E-state index contributed by atoms with van der Waals surface area (Å²) in [6.07, 6.45) is 0. The highest BCUT2D eigenvalue weighted by atomic mass is 32.2. The molecule has 0 aliphatic carbocycles. The van der Waals surface area contributed by atoms with Gasteiger partial charge in [0.25, 0.3) is 20.2 Å². The smallest absolute Gasteiger partial charge is 0.297 e. The van der Waals surface area contributed by atoms with Crippen LogP contribution in [0.4, 0.5) is 0 Å². The molecule has 14 heteroatoms. The molecule has 0 atom stereocenters. The third-order valence-corrected chi connectivity index (χ3v) is 8.75. The van der Waals surface area contributed by atoms with Crippen molar-refractivity contribution >= 4 is 20.2 Å². The van der Waals surface area contributed by atoms with Gasteiger partial charge in [-0.05, 0) is 50.2 Å². The van der Waals surface area contributed by atoms with Crippen LogP contribution >= 0.6 is 0 Å². The van der Waals surface area contributed by atoms with Gasteiger partial charge in [-0.2, -0.15) is 16.8 Å². The van der Waals surface area contributed by atoms with Crippen LogP contribution in [0.5, 0.6) is 11.5 Å². The second-order valence-corrected chi connectivity index (χ2v) is 13.0. The Balaban J connectivity index is 1.13. The van der Waals surface area contributed by atoms with Gasteiger partial charge in [0.1, 0.15) is 24.7 Å². The van der Waals surface area contributed by atoms with Crippen LogP contribution in [0.1, 0.15) is 11.1 Å². The number of hydrogen-bond donors (Lipinski definition) is 0. The van der Waals surface area contributed by atoms with E-state index in [4.69, 9.17) is 36.8 Å². The van der Waals surface area contributed by atoms with Gasteiger partial charge < -0.3 is 28.4 Å². The molecule has 0 spiro atoms. The molecule has 3 aromatic rings. The first-order valence-electron chi connectivity index (χ1n) is 14.7. The van der Waals surface area contributed by atoms with Gasteiger partial charge in [0.15, 0.2) is 0 Å². The summed E-state index contributed by atoms with van der Waals surface area (Å²) in [4.78, 5) is 0.226. The van der Waals surface area contributed by atoms with Crippen LogP contribution in [0.15, 0.2) is 82.6 Å². The molecule has 0 saturated heterocycles. The molecule has 3 rings (SSSR count).